The van der Waals surface area contributed by atoms with Gasteiger partial charge in [-0.3, -0.25) is 0 Å². The summed E-state index contributed by atoms with van der Waals surface area (Å²) >= 11 is 0. The fourth-order valence-corrected chi connectivity index (χ4v) is 2.71. The number of benzene rings is 2. The topological polar surface area (TPSA) is 9.23 Å². The summed E-state index contributed by atoms with van der Waals surface area (Å²) in [6.07, 6.45) is 8.35. The van der Waals surface area contributed by atoms with Crippen LogP contribution in [0.4, 0.5) is 0 Å². The molecule has 1 unspecified atom stereocenters. The van der Waals surface area contributed by atoms with Gasteiger partial charge in [-0.1, -0.05) is 72.8 Å². The molecule has 0 bridgehead atoms. The van der Waals surface area contributed by atoms with Gasteiger partial charge in [0.25, 0.3) is 0 Å². The number of allylic oxidation sites excluding steroid dienone is 2. The first-order valence-electron chi connectivity index (χ1n) is 7.47. The van der Waals surface area contributed by atoms with Crippen molar-refractivity contribution in [3.63, 3.8) is 0 Å². The summed E-state index contributed by atoms with van der Waals surface area (Å²) in [6, 6.07) is 21.3. The zero-order valence-corrected chi connectivity index (χ0v) is 12.1. The van der Waals surface area contributed by atoms with E-state index in [1.165, 1.54) is 16.7 Å². The predicted molar refractivity (Wildman–Crippen MR) is 87.0 cm³/mol. The van der Waals surface area contributed by atoms with E-state index >= 15 is 0 Å². The lowest BCUT2D eigenvalue weighted by Crippen LogP contribution is -2.07. The van der Waals surface area contributed by atoms with Gasteiger partial charge in [0.05, 0.1) is 6.26 Å². The van der Waals surface area contributed by atoms with Gasteiger partial charge in [0.1, 0.15) is 6.61 Å². The minimum atomic E-state index is 0.412. The minimum Gasteiger partial charge on any atom is -0.497 e. The van der Waals surface area contributed by atoms with Gasteiger partial charge in [0, 0.05) is 5.92 Å². The summed E-state index contributed by atoms with van der Waals surface area (Å²) in [6.45, 7) is 0.670. The maximum atomic E-state index is 5.60. The Morgan fingerprint density at radius 3 is 2.24 bits per heavy atom. The van der Waals surface area contributed by atoms with Crippen molar-refractivity contribution < 1.29 is 4.74 Å². The van der Waals surface area contributed by atoms with Gasteiger partial charge in [-0.05, 0) is 29.5 Å². The standard InChI is InChI=1S/C20H20O/c1-3-8-17(9-4-1)14-19-12-7-13-21-16-20(19)15-18-10-5-2-6-11-18/h1-12,16,19H,13-15H2. The Morgan fingerprint density at radius 2 is 1.52 bits per heavy atom. The Morgan fingerprint density at radius 1 is 0.857 bits per heavy atom. The first-order valence-corrected chi connectivity index (χ1v) is 7.47. The third-order valence-corrected chi connectivity index (χ3v) is 3.82. The van der Waals surface area contributed by atoms with E-state index in [-0.39, 0.29) is 0 Å². The van der Waals surface area contributed by atoms with Gasteiger partial charge in [-0.25, -0.2) is 0 Å². The molecule has 0 radical (unpaired) electrons. The van der Waals surface area contributed by atoms with Crippen molar-refractivity contribution in [2.45, 2.75) is 12.8 Å². The lowest BCUT2D eigenvalue weighted by molar-refractivity contribution is 0.286. The third-order valence-electron chi connectivity index (χ3n) is 3.82. The van der Waals surface area contributed by atoms with E-state index in [9.17, 15) is 0 Å². The zero-order valence-electron chi connectivity index (χ0n) is 12.1. The second kappa shape index (κ2) is 6.94. The van der Waals surface area contributed by atoms with Gasteiger partial charge in [-0.15, -0.1) is 0 Å². The second-order valence-electron chi connectivity index (χ2n) is 5.41. The molecule has 1 aliphatic rings. The highest BCUT2D eigenvalue weighted by molar-refractivity contribution is 5.28. The van der Waals surface area contributed by atoms with E-state index in [2.05, 4.69) is 72.8 Å². The minimum absolute atomic E-state index is 0.412. The maximum absolute atomic E-state index is 5.60. The summed E-state index contributed by atoms with van der Waals surface area (Å²) < 4.78 is 5.60. The molecule has 1 aliphatic heterocycles. The van der Waals surface area contributed by atoms with E-state index in [1.807, 2.05) is 6.26 Å². The van der Waals surface area contributed by atoms with Crippen LogP contribution in [0.5, 0.6) is 0 Å². The summed E-state index contributed by atoms with van der Waals surface area (Å²) in [4.78, 5) is 0. The highest BCUT2D eigenvalue weighted by Crippen LogP contribution is 2.24. The molecule has 0 aliphatic carbocycles. The second-order valence-corrected chi connectivity index (χ2v) is 5.41. The monoisotopic (exact) mass is 276 g/mol. The molecule has 106 valence electrons. The van der Waals surface area contributed by atoms with Crippen LogP contribution in [0.25, 0.3) is 0 Å². The first-order chi connectivity index (χ1) is 10.4. The maximum Gasteiger partial charge on any atom is 0.106 e. The first kappa shape index (κ1) is 13.7. The fraction of sp³-hybridized carbons (Fsp3) is 0.200. The van der Waals surface area contributed by atoms with Crippen molar-refractivity contribution in [3.8, 4) is 0 Å². The van der Waals surface area contributed by atoms with Crippen molar-refractivity contribution in [3.05, 3.63) is 95.8 Å². The lowest BCUT2D eigenvalue weighted by atomic mass is 9.88. The molecule has 2 aromatic carbocycles. The molecule has 1 atom stereocenters. The molecule has 3 rings (SSSR count). The molecule has 0 spiro atoms. The van der Waals surface area contributed by atoms with E-state index < -0.39 is 0 Å². The number of rotatable bonds is 4. The highest BCUT2D eigenvalue weighted by Gasteiger charge is 2.15. The number of hydrogen-bond acceptors (Lipinski definition) is 1. The van der Waals surface area contributed by atoms with Crippen LogP contribution in [0.3, 0.4) is 0 Å². The molecule has 0 fully saturated rings. The Balaban J connectivity index is 1.78. The summed E-state index contributed by atoms with van der Waals surface area (Å²) in [7, 11) is 0. The van der Waals surface area contributed by atoms with Crippen LogP contribution in [0.15, 0.2) is 84.7 Å². The molecule has 0 N–H and O–H groups in total. The molecule has 21 heavy (non-hydrogen) atoms. The largest absolute Gasteiger partial charge is 0.497 e. The van der Waals surface area contributed by atoms with E-state index in [1.54, 1.807) is 0 Å². The summed E-state index contributed by atoms with van der Waals surface area (Å²) in [5.74, 6) is 0.412. The number of hydrogen-bond donors (Lipinski definition) is 0. The van der Waals surface area contributed by atoms with Crippen LogP contribution in [-0.4, -0.2) is 6.61 Å². The van der Waals surface area contributed by atoms with E-state index in [0.29, 0.717) is 12.5 Å². The van der Waals surface area contributed by atoms with E-state index in [0.717, 1.165) is 12.8 Å². The smallest absolute Gasteiger partial charge is 0.106 e. The normalized spacial score (nSPS) is 17.7. The van der Waals surface area contributed by atoms with Crippen LogP contribution < -0.4 is 0 Å². The molecular weight excluding hydrogens is 256 g/mol. The Hall–Kier alpha value is -2.28. The molecule has 1 nitrogen and oxygen atoms in total. The molecule has 0 saturated carbocycles. The van der Waals surface area contributed by atoms with Gasteiger partial charge in [-0.2, -0.15) is 0 Å². The Labute approximate surface area is 126 Å². The summed E-state index contributed by atoms with van der Waals surface area (Å²) in [5, 5.41) is 0. The van der Waals surface area contributed by atoms with Crippen LogP contribution in [0.2, 0.25) is 0 Å². The molecule has 1 heteroatoms. The predicted octanol–water partition coefficient (Wildman–Crippen LogP) is 4.56. The fourth-order valence-electron chi connectivity index (χ4n) is 2.71. The highest BCUT2D eigenvalue weighted by atomic mass is 16.5. The van der Waals surface area contributed by atoms with Gasteiger partial charge in [0.15, 0.2) is 0 Å². The quantitative estimate of drug-likeness (QED) is 0.744. The van der Waals surface area contributed by atoms with Crippen LogP contribution in [0, 0.1) is 5.92 Å². The Kier molecular flexibility index (Phi) is 4.52. The molecule has 0 amide bonds. The molecule has 0 aromatic heterocycles. The Bertz CT molecular complexity index is 611. The molecule has 1 heterocycles. The average molecular weight is 276 g/mol. The van der Waals surface area contributed by atoms with Gasteiger partial charge in [0.2, 0.25) is 0 Å². The SMILES string of the molecule is C1=CC(Cc2ccccc2)C(Cc2ccccc2)=COC1. The molecule has 2 aromatic rings. The number of ether oxygens (including phenoxy) is 1. The third kappa shape index (κ3) is 3.85. The van der Waals surface area contributed by atoms with Crippen LogP contribution in [-0.2, 0) is 17.6 Å². The van der Waals surface area contributed by atoms with Crippen molar-refractivity contribution in [2.75, 3.05) is 6.61 Å². The van der Waals surface area contributed by atoms with Crippen molar-refractivity contribution in [1.29, 1.82) is 0 Å². The van der Waals surface area contributed by atoms with Gasteiger partial charge >= 0.3 is 0 Å². The summed E-state index contributed by atoms with van der Waals surface area (Å²) in [5.41, 5.74) is 4.05. The lowest BCUT2D eigenvalue weighted by Gasteiger charge is -2.16. The van der Waals surface area contributed by atoms with Crippen LogP contribution >= 0.6 is 0 Å². The van der Waals surface area contributed by atoms with Crippen molar-refractivity contribution in [2.24, 2.45) is 5.92 Å². The average Bonchev–Trinajstić information content (AvgIpc) is 2.75. The molecule has 0 saturated heterocycles. The molecular formula is C20H20O. The van der Waals surface area contributed by atoms with Crippen molar-refractivity contribution >= 4 is 0 Å². The van der Waals surface area contributed by atoms with E-state index in [4.69, 9.17) is 4.74 Å². The van der Waals surface area contributed by atoms with Crippen molar-refractivity contribution in [1.82, 2.24) is 0 Å². The zero-order chi connectivity index (χ0) is 14.3. The van der Waals surface area contributed by atoms with Gasteiger partial charge < -0.3 is 4.74 Å². The van der Waals surface area contributed by atoms with Crippen LogP contribution in [0.1, 0.15) is 11.1 Å².